The molecule has 0 atom stereocenters. The minimum absolute atomic E-state index is 0.0157. The second-order valence-corrected chi connectivity index (χ2v) is 5.99. The molecule has 102 valence electrons. The Balaban J connectivity index is 2.49. The van der Waals surface area contributed by atoms with Crippen molar-refractivity contribution in [2.24, 2.45) is 0 Å². The maximum Gasteiger partial charge on any atom is 0.265 e. The van der Waals surface area contributed by atoms with Gasteiger partial charge in [0.15, 0.2) is 0 Å². The van der Waals surface area contributed by atoms with E-state index in [9.17, 15) is 8.42 Å². The van der Waals surface area contributed by atoms with Crippen molar-refractivity contribution in [2.75, 3.05) is 17.1 Å². The first kappa shape index (κ1) is 13.8. The predicted octanol–water partition coefficient (Wildman–Crippen LogP) is 1.36. The van der Waals surface area contributed by atoms with Gasteiger partial charge in [-0.05, 0) is 24.3 Å². The summed E-state index contributed by atoms with van der Waals surface area (Å²) in [6.45, 7) is 0. The van der Waals surface area contributed by atoms with Crippen LogP contribution in [-0.4, -0.2) is 20.4 Å². The summed E-state index contributed by atoms with van der Waals surface area (Å²) >= 11 is 0. The summed E-state index contributed by atoms with van der Waals surface area (Å²) in [4.78, 5) is 3.79. The van der Waals surface area contributed by atoms with Gasteiger partial charge in [-0.1, -0.05) is 12.1 Å². The van der Waals surface area contributed by atoms with Crippen LogP contribution in [-0.2, 0) is 10.0 Å². The zero-order chi connectivity index (χ0) is 14.8. The van der Waals surface area contributed by atoms with Gasteiger partial charge in [0.25, 0.3) is 10.0 Å². The van der Waals surface area contributed by atoms with Crippen molar-refractivity contribution < 1.29 is 8.42 Å². The van der Waals surface area contributed by atoms with Gasteiger partial charge in [-0.25, -0.2) is 13.4 Å². The van der Waals surface area contributed by atoms with Crippen LogP contribution < -0.4 is 10.0 Å². The maximum absolute atomic E-state index is 12.4. The molecule has 0 amide bonds. The number of nitriles is 1. The van der Waals surface area contributed by atoms with E-state index in [1.165, 1.54) is 25.4 Å². The number of para-hydroxylation sites is 1. The molecule has 0 aliphatic rings. The average molecular weight is 288 g/mol. The Bertz CT molecular complexity index is 764. The zero-order valence-electron chi connectivity index (χ0n) is 10.7. The lowest BCUT2D eigenvalue weighted by molar-refractivity contribution is 0.594. The van der Waals surface area contributed by atoms with E-state index in [-0.39, 0.29) is 16.3 Å². The first-order valence-electron chi connectivity index (χ1n) is 5.66. The molecule has 2 aromatic rings. The van der Waals surface area contributed by atoms with Gasteiger partial charge in [0.2, 0.25) is 0 Å². The van der Waals surface area contributed by atoms with Crippen LogP contribution in [0.2, 0.25) is 0 Å². The standard InChI is InChI=1S/C13H12N4O2S/c1-17(12-5-3-2-4-10(12)8-14)20(18,19)11-6-7-13(15)16-9-11/h2-7,9H,1H3,(H2,15,16). The van der Waals surface area contributed by atoms with Gasteiger partial charge in [0.1, 0.15) is 16.8 Å². The molecule has 7 heteroatoms. The lowest BCUT2D eigenvalue weighted by Gasteiger charge is -2.20. The zero-order valence-corrected chi connectivity index (χ0v) is 11.5. The fraction of sp³-hybridized carbons (Fsp3) is 0.0769. The van der Waals surface area contributed by atoms with E-state index in [0.717, 1.165) is 4.31 Å². The molecule has 0 saturated heterocycles. The fourth-order valence-corrected chi connectivity index (χ4v) is 2.83. The summed E-state index contributed by atoms with van der Waals surface area (Å²) in [7, 11) is -2.39. The quantitative estimate of drug-likeness (QED) is 0.919. The predicted molar refractivity (Wildman–Crippen MR) is 75.4 cm³/mol. The molecule has 20 heavy (non-hydrogen) atoms. The number of nitrogen functional groups attached to an aromatic ring is 1. The molecular weight excluding hydrogens is 276 g/mol. The highest BCUT2D eigenvalue weighted by atomic mass is 32.2. The molecule has 1 aromatic carbocycles. The van der Waals surface area contributed by atoms with Crippen molar-refractivity contribution in [1.82, 2.24) is 4.98 Å². The third kappa shape index (κ3) is 2.41. The van der Waals surface area contributed by atoms with Crippen LogP contribution in [0.3, 0.4) is 0 Å². The molecule has 0 fully saturated rings. The third-order valence-corrected chi connectivity index (χ3v) is 4.54. The van der Waals surface area contributed by atoms with Crippen molar-refractivity contribution in [1.29, 1.82) is 5.26 Å². The number of rotatable bonds is 3. The Labute approximate surface area is 117 Å². The highest BCUT2D eigenvalue weighted by Gasteiger charge is 2.23. The summed E-state index contributed by atoms with van der Waals surface area (Å²) in [6.07, 6.45) is 1.19. The van der Waals surface area contributed by atoms with Crippen molar-refractivity contribution >= 4 is 21.5 Å². The highest BCUT2D eigenvalue weighted by Crippen LogP contribution is 2.24. The smallest absolute Gasteiger partial charge is 0.265 e. The highest BCUT2D eigenvalue weighted by molar-refractivity contribution is 7.92. The normalized spacial score (nSPS) is 10.8. The minimum Gasteiger partial charge on any atom is -0.384 e. The number of nitrogens with two attached hydrogens (primary N) is 1. The van der Waals surface area contributed by atoms with Crippen molar-refractivity contribution in [3.8, 4) is 6.07 Å². The van der Waals surface area contributed by atoms with E-state index in [2.05, 4.69) is 4.98 Å². The fourth-order valence-electron chi connectivity index (χ4n) is 1.67. The molecule has 2 N–H and O–H groups in total. The molecule has 0 aliphatic heterocycles. The van der Waals surface area contributed by atoms with Gasteiger partial charge in [-0.3, -0.25) is 4.31 Å². The Morgan fingerprint density at radius 2 is 1.95 bits per heavy atom. The number of aromatic nitrogens is 1. The summed E-state index contributed by atoms with van der Waals surface area (Å²) in [5, 5.41) is 9.04. The Kier molecular flexibility index (Phi) is 3.59. The summed E-state index contributed by atoms with van der Waals surface area (Å²) < 4.78 is 25.9. The van der Waals surface area contributed by atoms with Crippen LogP contribution in [0.25, 0.3) is 0 Å². The SMILES string of the molecule is CN(c1ccccc1C#N)S(=O)(=O)c1ccc(N)nc1. The molecular formula is C13H12N4O2S. The van der Waals surface area contributed by atoms with E-state index < -0.39 is 10.0 Å². The van der Waals surface area contributed by atoms with Crippen LogP contribution in [0, 0.1) is 11.3 Å². The molecule has 0 unspecified atom stereocenters. The van der Waals surface area contributed by atoms with E-state index >= 15 is 0 Å². The van der Waals surface area contributed by atoms with Gasteiger partial charge in [0, 0.05) is 13.2 Å². The summed E-state index contributed by atoms with van der Waals surface area (Å²) in [5.74, 6) is 0.240. The van der Waals surface area contributed by atoms with Gasteiger partial charge < -0.3 is 5.73 Å². The van der Waals surface area contributed by atoms with E-state index in [1.54, 1.807) is 24.3 Å². The van der Waals surface area contributed by atoms with E-state index in [1.807, 2.05) is 6.07 Å². The first-order valence-corrected chi connectivity index (χ1v) is 7.10. The van der Waals surface area contributed by atoms with E-state index in [4.69, 9.17) is 11.0 Å². The Hall–Kier alpha value is -2.59. The van der Waals surface area contributed by atoms with Crippen LogP contribution in [0.15, 0.2) is 47.5 Å². The van der Waals surface area contributed by atoms with Gasteiger partial charge in [-0.15, -0.1) is 0 Å². The monoisotopic (exact) mass is 288 g/mol. The van der Waals surface area contributed by atoms with Crippen LogP contribution in [0.4, 0.5) is 11.5 Å². The molecule has 1 heterocycles. The van der Waals surface area contributed by atoms with E-state index in [0.29, 0.717) is 5.69 Å². The van der Waals surface area contributed by atoms with Crippen LogP contribution in [0.1, 0.15) is 5.56 Å². The minimum atomic E-state index is -3.78. The Morgan fingerprint density at radius 3 is 2.55 bits per heavy atom. The lowest BCUT2D eigenvalue weighted by atomic mass is 10.2. The maximum atomic E-state index is 12.4. The number of hydrogen-bond acceptors (Lipinski definition) is 5. The van der Waals surface area contributed by atoms with Crippen molar-refractivity contribution in [2.45, 2.75) is 4.90 Å². The van der Waals surface area contributed by atoms with Crippen LogP contribution >= 0.6 is 0 Å². The molecule has 0 saturated carbocycles. The average Bonchev–Trinajstić information content (AvgIpc) is 2.46. The number of hydrogen-bond donors (Lipinski definition) is 1. The topological polar surface area (TPSA) is 100 Å². The molecule has 0 bridgehead atoms. The second kappa shape index (κ2) is 5.19. The number of anilines is 2. The molecule has 1 aromatic heterocycles. The molecule has 2 rings (SSSR count). The number of pyridine rings is 1. The molecule has 0 radical (unpaired) electrons. The van der Waals surface area contributed by atoms with Crippen LogP contribution in [0.5, 0.6) is 0 Å². The third-order valence-electron chi connectivity index (χ3n) is 2.78. The van der Waals surface area contributed by atoms with Gasteiger partial charge in [-0.2, -0.15) is 5.26 Å². The summed E-state index contributed by atoms with van der Waals surface area (Å²) in [6, 6.07) is 11.2. The Morgan fingerprint density at radius 1 is 1.25 bits per heavy atom. The summed E-state index contributed by atoms with van der Waals surface area (Å²) in [5.41, 5.74) is 6.03. The van der Waals surface area contributed by atoms with Gasteiger partial charge in [0.05, 0.1) is 11.3 Å². The van der Waals surface area contributed by atoms with Gasteiger partial charge >= 0.3 is 0 Å². The number of sulfonamides is 1. The first-order chi connectivity index (χ1) is 9.46. The van der Waals surface area contributed by atoms with Crippen molar-refractivity contribution in [3.63, 3.8) is 0 Å². The molecule has 6 nitrogen and oxygen atoms in total. The largest absolute Gasteiger partial charge is 0.384 e. The second-order valence-electron chi connectivity index (χ2n) is 4.02. The number of nitrogens with zero attached hydrogens (tertiary/aromatic N) is 3. The molecule has 0 aliphatic carbocycles. The molecule has 0 spiro atoms. The lowest BCUT2D eigenvalue weighted by Crippen LogP contribution is -2.27. The van der Waals surface area contributed by atoms with Crippen molar-refractivity contribution in [3.05, 3.63) is 48.2 Å². The number of benzene rings is 1.